The molecule has 0 spiro atoms. The Morgan fingerprint density at radius 2 is 2.05 bits per heavy atom. The zero-order valence-corrected chi connectivity index (χ0v) is 12.0. The maximum Gasteiger partial charge on any atom is 0.170 e. The number of oxime groups is 1. The van der Waals surface area contributed by atoms with Gasteiger partial charge in [0.15, 0.2) is 17.4 Å². The highest BCUT2D eigenvalue weighted by atomic mass is 79.9. The molecule has 2 rings (SSSR count). The normalized spacial score (nSPS) is 11.4. The van der Waals surface area contributed by atoms with E-state index >= 15 is 0 Å². The largest absolute Gasteiger partial charge is 0.486 e. The van der Waals surface area contributed by atoms with Gasteiger partial charge in [0.05, 0.1) is 0 Å². The lowest BCUT2D eigenvalue weighted by molar-refractivity contribution is 0.289. The Balaban J connectivity index is 2.13. The Bertz CT molecular complexity index is 647. The van der Waals surface area contributed by atoms with Gasteiger partial charge in [0.2, 0.25) is 0 Å². The summed E-state index contributed by atoms with van der Waals surface area (Å²) >= 11 is 3.39. The minimum atomic E-state index is -0.568. The highest BCUT2D eigenvalue weighted by molar-refractivity contribution is 9.10. The number of halogens is 2. The van der Waals surface area contributed by atoms with Crippen molar-refractivity contribution in [2.45, 2.75) is 6.61 Å². The van der Waals surface area contributed by atoms with Crippen LogP contribution in [0.15, 0.2) is 52.1 Å². The summed E-state index contributed by atoms with van der Waals surface area (Å²) < 4.78 is 20.1. The molecule has 0 saturated carbocycles. The topological polar surface area (TPSA) is 67.8 Å². The van der Waals surface area contributed by atoms with E-state index in [4.69, 9.17) is 15.7 Å². The van der Waals surface area contributed by atoms with Crippen LogP contribution in [-0.4, -0.2) is 11.0 Å². The van der Waals surface area contributed by atoms with E-state index in [0.29, 0.717) is 5.56 Å². The zero-order chi connectivity index (χ0) is 14.5. The molecule has 2 aromatic carbocycles. The molecule has 0 aromatic heterocycles. The predicted octanol–water partition coefficient (Wildman–Crippen LogP) is 3.26. The average molecular weight is 339 g/mol. The van der Waals surface area contributed by atoms with E-state index in [0.717, 1.165) is 16.1 Å². The molecule has 20 heavy (non-hydrogen) atoms. The monoisotopic (exact) mass is 338 g/mol. The minimum Gasteiger partial charge on any atom is -0.486 e. The number of ether oxygens (including phenoxy) is 1. The fourth-order valence-corrected chi connectivity index (χ4v) is 2.01. The van der Waals surface area contributed by atoms with E-state index in [1.807, 2.05) is 24.3 Å². The molecule has 0 aliphatic rings. The van der Waals surface area contributed by atoms with Gasteiger partial charge in [-0.2, -0.15) is 0 Å². The van der Waals surface area contributed by atoms with Gasteiger partial charge in [0.25, 0.3) is 0 Å². The molecule has 0 bridgehead atoms. The lowest BCUT2D eigenvalue weighted by Crippen LogP contribution is -2.13. The van der Waals surface area contributed by atoms with Gasteiger partial charge in [0, 0.05) is 15.6 Å². The smallest absolute Gasteiger partial charge is 0.170 e. The van der Waals surface area contributed by atoms with Gasteiger partial charge in [-0.25, -0.2) is 4.39 Å². The summed E-state index contributed by atoms with van der Waals surface area (Å²) in [5.74, 6) is -0.613. The Hall–Kier alpha value is -2.08. The molecule has 3 N–H and O–H groups in total. The molecular formula is C14H12BrFN2O2. The molecule has 2 aromatic rings. The lowest BCUT2D eigenvalue weighted by atomic mass is 10.2. The molecule has 0 saturated heterocycles. The van der Waals surface area contributed by atoms with Gasteiger partial charge >= 0.3 is 0 Å². The Labute approximate surface area is 123 Å². The first kappa shape index (κ1) is 14.3. The molecule has 6 heteroatoms. The Morgan fingerprint density at radius 3 is 2.70 bits per heavy atom. The van der Waals surface area contributed by atoms with Crippen LogP contribution in [0.25, 0.3) is 0 Å². The third-order valence-corrected chi connectivity index (χ3v) is 3.45. The number of amidine groups is 1. The summed E-state index contributed by atoms with van der Waals surface area (Å²) in [7, 11) is 0. The van der Waals surface area contributed by atoms with Crippen molar-refractivity contribution in [2.24, 2.45) is 10.9 Å². The van der Waals surface area contributed by atoms with Gasteiger partial charge in [-0.3, -0.25) is 0 Å². The quantitative estimate of drug-likeness (QED) is 0.389. The van der Waals surface area contributed by atoms with Crippen molar-refractivity contribution < 1.29 is 14.3 Å². The number of hydrogen-bond donors (Lipinski definition) is 2. The molecule has 0 heterocycles. The molecule has 0 unspecified atom stereocenters. The van der Waals surface area contributed by atoms with Gasteiger partial charge in [-0.05, 0) is 24.3 Å². The minimum absolute atomic E-state index is 0.107. The molecule has 0 amide bonds. The maximum atomic E-state index is 13.8. The summed E-state index contributed by atoms with van der Waals surface area (Å²) in [6.45, 7) is 0.237. The summed E-state index contributed by atoms with van der Waals surface area (Å²) in [5, 5.41) is 11.4. The van der Waals surface area contributed by atoms with E-state index in [1.54, 1.807) is 0 Å². The van der Waals surface area contributed by atoms with Crippen molar-refractivity contribution >= 4 is 21.8 Å². The van der Waals surface area contributed by atoms with Crippen LogP contribution in [0.2, 0.25) is 0 Å². The molecule has 104 valence electrons. The number of nitrogens with two attached hydrogens (primary N) is 1. The first-order valence-electron chi connectivity index (χ1n) is 5.75. The molecule has 0 radical (unpaired) electrons. The second-order valence-corrected chi connectivity index (χ2v) is 4.86. The van der Waals surface area contributed by atoms with Crippen LogP contribution in [0, 0.1) is 5.82 Å². The van der Waals surface area contributed by atoms with Crippen molar-refractivity contribution in [1.29, 1.82) is 0 Å². The summed E-state index contributed by atoms with van der Waals surface area (Å²) in [4.78, 5) is 0. The van der Waals surface area contributed by atoms with E-state index in [2.05, 4.69) is 21.1 Å². The second-order valence-electron chi connectivity index (χ2n) is 4.01. The second kappa shape index (κ2) is 6.38. The third kappa shape index (κ3) is 3.27. The van der Waals surface area contributed by atoms with Gasteiger partial charge in [-0.1, -0.05) is 39.3 Å². The molecular weight excluding hydrogens is 327 g/mol. The lowest BCUT2D eigenvalue weighted by Gasteiger charge is -2.09. The van der Waals surface area contributed by atoms with Gasteiger partial charge in [-0.15, -0.1) is 0 Å². The number of nitrogens with zero attached hydrogens (tertiary/aromatic N) is 1. The summed E-state index contributed by atoms with van der Waals surface area (Å²) in [6, 6.07) is 11.7. The fourth-order valence-electron chi connectivity index (χ4n) is 1.61. The van der Waals surface area contributed by atoms with Crippen molar-refractivity contribution in [1.82, 2.24) is 0 Å². The van der Waals surface area contributed by atoms with E-state index < -0.39 is 5.82 Å². The Kier molecular flexibility index (Phi) is 4.57. The SMILES string of the molecule is N/C(=N/O)c1ccc(OCc2ccccc2Br)c(F)c1. The highest BCUT2D eigenvalue weighted by Crippen LogP contribution is 2.22. The molecule has 4 nitrogen and oxygen atoms in total. The molecule has 0 fully saturated rings. The van der Waals surface area contributed by atoms with Crippen molar-refractivity contribution in [2.75, 3.05) is 0 Å². The van der Waals surface area contributed by atoms with Crippen molar-refractivity contribution in [3.05, 3.63) is 63.9 Å². The van der Waals surface area contributed by atoms with E-state index in [9.17, 15) is 4.39 Å². The fraction of sp³-hybridized carbons (Fsp3) is 0.0714. The molecule has 0 aliphatic carbocycles. The highest BCUT2D eigenvalue weighted by Gasteiger charge is 2.08. The number of rotatable bonds is 4. The van der Waals surface area contributed by atoms with Crippen LogP contribution in [0.1, 0.15) is 11.1 Å². The molecule has 0 aliphatic heterocycles. The van der Waals surface area contributed by atoms with Gasteiger partial charge < -0.3 is 15.7 Å². The summed E-state index contributed by atoms with van der Waals surface area (Å²) in [6.07, 6.45) is 0. The van der Waals surface area contributed by atoms with E-state index in [-0.39, 0.29) is 18.2 Å². The van der Waals surface area contributed by atoms with Crippen LogP contribution in [-0.2, 0) is 6.61 Å². The third-order valence-electron chi connectivity index (χ3n) is 2.68. The zero-order valence-electron chi connectivity index (χ0n) is 10.4. The number of hydrogen-bond acceptors (Lipinski definition) is 3. The van der Waals surface area contributed by atoms with Crippen LogP contribution in [0.3, 0.4) is 0 Å². The average Bonchev–Trinajstić information content (AvgIpc) is 2.46. The summed E-state index contributed by atoms with van der Waals surface area (Å²) in [5.41, 5.74) is 6.58. The van der Waals surface area contributed by atoms with E-state index in [1.165, 1.54) is 12.1 Å². The standard InChI is InChI=1S/C14H12BrFN2O2/c15-11-4-2-1-3-10(11)8-20-13-6-5-9(7-12(13)16)14(17)18-19/h1-7,19H,8H2,(H2,17,18). The number of benzene rings is 2. The van der Waals surface area contributed by atoms with Crippen molar-refractivity contribution in [3.8, 4) is 5.75 Å². The maximum absolute atomic E-state index is 13.8. The van der Waals surface area contributed by atoms with Crippen LogP contribution in [0.5, 0.6) is 5.75 Å². The van der Waals surface area contributed by atoms with Crippen molar-refractivity contribution in [3.63, 3.8) is 0 Å². The van der Waals surface area contributed by atoms with Gasteiger partial charge in [0.1, 0.15) is 6.61 Å². The first-order valence-corrected chi connectivity index (χ1v) is 6.54. The molecule has 0 atom stereocenters. The predicted molar refractivity (Wildman–Crippen MR) is 77.4 cm³/mol. The van der Waals surface area contributed by atoms with Crippen LogP contribution >= 0.6 is 15.9 Å². The first-order chi connectivity index (χ1) is 9.61. The van der Waals surface area contributed by atoms with Crippen LogP contribution in [0.4, 0.5) is 4.39 Å². The van der Waals surface area contributed by atoms with Crippen LogP contribution < -0.4 is 10.5 Å². The Morgan fingerprint density at radius 1 is 1.30 bits per heavy atom.